The number of thiazole rings is 1. The molecule has 2 N–H and O–H groups in total. The van der Waals surface area contributed by atoms with E-state index in [1.807, 2.05) is 42.2 Å². The summed E-state index contributed by atoms with van der Waals surface area (Å²) in [6.07, 6.45) is 1.09. The van der Waals surface area contributed by atoms with Gasteiger partial charge in [-0.3, -0.25) is 0 Å². The van der Waals surface area contributed by atoms with Gasteiger partial charge in [0.05, 0.1) is 24.6 Å². The lowest BCUT2D eigenvalue weighted by molar-refractivity contribution is 0.415. The number of hydrogen-bond acceptors (Lipinski definition) is 7. The summed E-state index contributed by atoms with van der Waals surface area (Å²) < 4.78 is 24.2. The molecule has 3 heterocycles. The molecule has 0 fully saturated rings. The van der Waals surface area contributed by atoms with Gasteiger partial charge in [0, 0.05) is 16.1 Å². The maximum atomic E-state index is 13.4. The van der Waals surface area contributed by atoms with Gasteiger partial charge in [-0.2, -0.15) is 4.99 Å². The lowest BCUT2D eigenvalue weighted by atomic mass is 10.1. The highest BCUT2D eigenvalue weighted by Crippen LogP contribution is 2.39. The number of aryl methyl sites for hydroxylation is 1. The van der Waals surface area contributed by atoms with Gasteiger partial charge in [-0.15, -0.1) is 11.3 Å². The third kappa shape index (κ3) is 3.39. The second-order valence-electron chi connectivity index (χ2n) is 7.06. The van der Waals surface area contributed by atoms with Gasteiger partial charge in [0.1, 0.15) is 17.7 Å². The van der Waals surface area contributed by atoms with Crippen LogP contribution in [0.4, 0.5) is 16.0 Å². The van der Waals surface area contributed by atoms with Crippen molar-refractivity contribution in [2.45, 2.75) is 13.1 Å². The van der Waals surface area contributed by atoms with E-state index in [4.69, 9.17) is 24.9 Å². The third-order valence-corrected chi connectivity index (χ3v) is 6.13. The Balaban J connectivity index is 1.63. The predicted octanol–water partition coefficient (Wildman–Crippen LogP) is 5.42. The Kier molecular flexibility index (Phi) is 4.80. The van der Waals surface area contributed by atoms with Crippen LogP contribution >= 0.6 is 11.3 Å². The number of fused-ring (bicyclic) bond motifs is 1. The molecule has 8 heteroatoms. The number of rotatable bonds is 4. The molecule has 1 unspecified atom stereocenters. The van der Waals surface area contributed by atoms with E-state index in [9.17, 15) is 4.39 Å². The third-order valence-electron chi connectivity index (χ3n) is 5.16. The summed E-state index contributed by atoms with van der Waals surface area (Å²) in [5.74, 6) is 1.54. The van der Waals surface area contributed by atoms with Crippen LogP contribution < -0.4 is 15.4 Å². The van der Waals surface area contributed by atoms with E-state index in [-0.39, 0.29) is 5.82 Å². The van der Waals surface area contributed by atoms with Gasteiger partial charge in [0.25, 0.3) is 0 Å². The van der Waals surface area contributed by atoms with E-state index in [2.05, 4.69) is 0 Å². The first-order valence-electron chi connectivity index (χ1n) is 9.64. The molecule has 31 heavy (non-hydrogen) atoms. The number of benzene rings is 2. The van der Waals surface area contributed by atoms with Crippen molar-refractivity contribution < 1.29 is 13.5 Å². The average Bonchev–Trinajstić information content (AvgIpc) is 3.41. The quantitative estimate of drug-likeness (QED) is 0.464. The van der Waals surface area contributed by atoms with Crippen LogP contribution in [0.3, 0.4) is 0 Å². The number of anilines is 1. The van der Waals surface area contributed by atoms with Gasteiger partial charge in [-0.25, -0.2) is 9.37 Å². The molecule has 0 bridgehead atoms. The number of furan rings is 1. The average molecular weight is 434 g/mol. The molecule has 6 nitrogen and oxygen atoms in total. The van der Waals surface area contributed by atoms with Crippen molar-refractivity contribution in [1.29, 1.82) is 0 Å². The van der Waals surface area contributed by atoms with Crippen LogP contribution in [0.15, 0.2) is 70.3 Å². The zero-order valence-electron chi connectivity index (χ0n) is 16.9. The molecule has 0 saturated heterocycles. The number of halogens is 1. The molecule has 0 spiro atoms. The van der Waals surface area contributed by atoms with Crippen LogP contribution in [0.25, 0.3) is 11.3 Å². The minimum Gasteiger partial charge on any atom is -0.497 e. The van der Waals surface area contributed by atoms with Crippen molar-refractivity contribution in [1.82, 2.24) is 4.98 Å². The molecule has 0 radical (unpaired) electrons. The van der Waals surface area contributed by atoms with Crippen molar-refractivity contribution >= 4 is 28.7 Å². The second-order valence-corrected chi connectivity index (χ2v) is 8.26. The Morgan fingerprint density at radius 2 is 1.84 bits per heavy atom. The van der Waals surface area contributed by atoms with Gasteiger partial charge < -0.3 is 19.8 Å². The molecule has 1 aliphatic heterocycles. The normalized spacial score (nSPS) is 15.5. The molecule has 0 amide bonds. The summed E-state index contributed by atoms with van der Waals surface area (Å²) in [5, 5.41) is 0.699. The maximum absolute atomic E-state index is 13.4. The molecule has 2 aromatic carbocycles. The Labute approximate surface area is 182 Å². The van der Waals surface area contributed by atoms with Gasteiger partial charge in [0.15, 0.2) is 10.8 Å². The summed E-state index contributed by atoms with van der Waals surface area (Å²) in [5.41, 5.74) is 9.91. The zero-order chi connectivity index (χ0) is 21.5. The summed E-state index contributed by atoms with van der Waals surface area (Å²) in [6, 6.07) is 15.8. The zero-order valence-corrected chi connectivity index (χ0v) is 17.7. The molecule has 5 rings (SSSR count). The number of hydrogen-bond donors (Lipinski definition) is 1. The van der Waals surface area contributed by atoms with Crippen molar-refractivity contribution in [3.63, 3.8) is 0 Å². The predicted molar refractivity (Wildman–Crippen MR) is 120 cm³/mol. The SMILES string of the molecule is COc1ccc(N2C(c3nc(-c4ccc(F)cc4)c(C)s3)=Nc3occc3C2N)cc1. The van der Waals surface area contributed by atoms with Crippen LogP contribution in [0.2, 0.25) is 0 Å². The molecular formula is C23H19FN4O2S. The van der Waals surface area contributed by atoms with Crippen LogP contribution in [0.1, 0.15) is 21.6 Å². The van der Waals surface area contributed by atoms with E-state index >= 15 is 0 Å². The minimum atomic E-state index is -0.492. The standard InChI is InChI=1S/C23H19FN4O2S/c1-13-19(14-3-5-15(24)6-4-14)26-23(31-13)21-27-22-18(11-12-30-22)20(25)28(21)16-7-9-17(29-2)10-8-16/h3-12,20H,25H2,1-2H3. The molecule has 2 aromatic heterocycles. The topological polar surface area (TPSA) is 76.9 Å². The summed E-state index contributed by atoms with van der Waals surface area (Å²) >= 11 is 1.51. The Hall–Kier alpha value is -3.49. The van der Waals surface area contributed by atoms with Gasteiger partial charge >= 0.3 is 0 Å². The fraction of sp³-hybridized carbons (Fsp3) is 0.130. The second kappa shape index (κ2) is 7.64. The monoisotopic (exact) mass is 434 g/mol. The molecule has 1 atom stereocenters. The van der Waals surface area contributed by atoms with E-state index in [1.165, 1.54) is 23.5 Å². The number of nitrogens with two attached hydrogens (primary N) is 1. The molecule has 156 valence electrons. The van der Waals surface area contributed by atoms with Crippen LogP contribution in [-0.2, 0) is 0 Å². The van der Waals surface area contributed by atoms with Crippen molar-refractivity contribution in [3.8, 4) is 17.0 Å². The number of ether oxygens (including phenoxy) is 1. The first kappa shape index (κ1) is 19.5. The van der Waals surface area contributed by atoms with Gasteiger partial charge in [0.2, 0.25) is 5.88 Å². The fourth-order valence-corrected chi connectivity index (χ4v) is 4.51. The highest BCUT2D eigenvalue weighted by Gasteiger charge is 2.33. The van der Waals surface area contributed by atoms with E-state index in [0.717, 1.165) is 33.1 Å². The number of aliphatic imine (C=N–C) groups is 1. The van der Waals surface area contributed by atoms with Crippen LogP contribution in [0, 0.1) is 12.7 Å². The van der Waals surface area contributed by atoms with E-state index in [0.29, 0.717) is 16.7 Å². The highest BCUT2D eigenvalue weighted by atomic mass is 32.1. The number of amidine groups is 1. The summed E-state index contributed by atoms with van der Waals surface area (Å²) in [7, 11) is 1.63. The highest BCUT2D eigenvalue weighted by molar-refractivity contribution is 7.14. The molecule has 1 aliphatic rings. The fourth-order valence-electron chi connectivity index (χ4n) is 3.59. The smallest absolute Gasteiger partial charge is 0.227 e. The van der Waals surface area contributed by atoms with Crippen molar-refractivity contribution in [2.75, 3.05) is 12.0 Å². The van der Waals surface area contributed by atoms with Crippen LogP contribution in [0.5, 0.6) is 5.75 Å². The van der Waals surface area contributed by atoms with Crippen LogP contribution in [-0.4, -0.2) is 17.9 Å². The van der Waals surface area contributed by atoms with Crippen molar-refractivity contribution in [2.24, 2.45) is 10.7 Å². The minimum absolute atomic E-state index is 0.282. The molecular weight excluding hydrogens is 415 g/mol. The summed E-state index contributed by atoms with van der Waals surface area (Å²) in [6.45, 7) is 1.99. The van der Waals surface area contributed by atoms with E-state index < -0.39 is 6.17 Å². The number of nitrogens with zero attached hydrogens (tertiary/aromatic N) is 3. The first-order valence-corrected chi connectivity index (χ1v) is 10.5. The Morgan fingerprint density at radius 3 is 2.55 bits per heavy atom. The lowest BCUT2D eigenvalue weighted by Gasteiger charge is -2.33. The maximum Gasteiger partial charge on any atom is 0.227 e. The molecule has 4 aromatic rings. The van der Waals surface area contributed by atoms with Gasteiger partial charge in [-0.1, -0.05) is 0 Å². The van der Waals surface area contributed by atoms with E-state index in [1.54, 1.807) is 25.5 Å². The lowest BCUT2D eigenvalue weighted by Crippen LogP contribution is -2.41. The summed E-state index contributed by atoms with van der Waals surface area (Å²) in [4.78, 5) is 12.5. The Morgan fingerprint density at radius 1 is 1.10 bits per heavy atom. The van der Waals surface area contributed by atoms with Gasteiger partial charge in [-0.05, 0) is 61.5 Å². The molecule has 0 aliphatic carbocycles. The first-order chi connectivity index (χ1) is 15.0. The largest absolute Gasteiger partial charge is 0.497 e. The Bertz CT molecular complexity index is 1260. The molecule has 0 saturated carbocycles. The number of aromatic nitrogens is 1. The number of methoxy groups -OCH3 is 1. The van der Waals surface area contributed by atoms with Crippen molar-refractivity contribution in [3.05, 3.63) is 82.1 Å².